The first-order valence-corrected chi connectivity index (χ1v) is 6.47. The Balaban J connectivity index is 2.01. The van der Waals surface area contributed by atoms with E-state index in [1.165, 1.54) is 6.34 Å². The third-order valence-corrected chi connectivity index (χ3v) is 3.39. The molecule has 0 atom stereocenters. The van der Waals surface area contributed by atoms with E-state index in [1.807, 2.05) is 29.2 Å². The molecule has 1 heterocycles. The minimum Gasteiger partial charge on any atom is -0.497 e. The van der Waals surface area contributed by atoms with Crippen molar-refractivity contribution in [3.63, 3.8) is 0 Å². The van der Waals surface area contributed by atoms with Crippen LogP contribution in [0, 0.1) is 0 Å². The maximum Gasteiger partial charge on any atom is 0.281 e. The summed E-state index contributed by atoms with van der Waals surface area (Å²) in [6.07, 6.45) is -1.09. The number of benzene rings is 1. The molecule has 0 saturated carbocycles. The molecular weight excluding hydrogens is 318 g/mol. The number of ether oxygens (including phenoxy) is 1. The molecule has 0 N–H and O–H groups in total. The van der Waals surface area contributed by atoms with Gasteiger partial charge in [-0.1, -0.05) is 28.1 Å². The minimum absolute atomic E-state index is 0.189. The lowest BCUT2D eigenvalue weighted by atomic mass is 10.2. The standard InChI is InChI=1S/C13H13BrF2N2O/c1-19-10-4-2-9(3-5-10)6-18-7-11(14)12(13(15)16)17-8-18/h2-5,8,13H,6-7H2,1H3. The van der Waals surface area contributed by atoms with Crippen molar-refractivity contribution >= 4 is 22.3 Å². The number of methoxy groups -OCH3 is 1. The maximum atomic E-state index is 12.6. The molecule has 102 valence electrons. The van der Waals surface area contributed by atoms with Crippen LogP contribution in [0.1, 0.15) is 5.56 Å². The molecule has 0 amide bonds. The number of nitrogens with zero attached hydrogens (tertiary/aromatic N) is 2. The summed E-state index contributed by atoms with van der Waals surface area (Å²) in [6, 6.07) is 7.61. The number of alkyl halides is 2. The Morgan fingerprint density at radius 2 is 2.05 bits per heavy atom. The Labute approximate surface area is 118 Å². The van der Waals surface area contributed by atoms with Crippen LogP contribution < -0.4 is 4.74 Å². The largest absolute Gasteiger partial charge is 0.497 e. The minimum atomic E-state index is -2.55. The highest BCUT2D eigenvalue weighted by Gasteiger charge is 2.20. The first kappa shape index (κ1) is 14.0. The fourth-order valence-electron chi connectivity index (χ4n) is 1.75. The summed E-state index contributed by atoms with van der Waals surface area (Å²) in [5.41, 5.74) is 0.874. The molecule has 1 aliphatic heterocycles. The predicted molar refractivity (Wildman–Crippen MR) is 73.9 cm³/mol. The molecule has 1 aliphatic rings. The molecule has 0 unspecified atom stereocenters. The Bertz CT molecular complexity index is 500. The maximum absolute atomic E-state index is 12.6. The van der Waals surface area contributed by atoms with E-state index < -0.39 is 6.43 Å². The second-order valence-electron chi connectivity index (χ2n) is 4.09. The van der Waals surface area contributed by atoms with Crippen molar-refractivity contribution in [2.45, 2.75) is 13.0 Å². The Morgan fingerprint density at radius 3 is 2.58 bits per heavy atom. The van der Waals surface area contributed by atoms with E-state index >= 15 is 0 Å². The third kappa shape index (κ3) is 3.53. The zero-order valence-corrected chi connectivity index (χ0v) is 11.9. The van der Waals surface area contributed by atoms with Gasteiger partial charge in [-0.3, -0.25) is 0 Å². The second kappa shape index (κ2) is 6.14. The van der Waals surface area contributed by atoms with E-state index in [4.69, 9.17) is 4.74 Å². The van der Waals surface area contributed by atoms with Crippen molar-refractivity contribution in [1.82, 2.24) is 4.90 Å². The number of hydrogen-bond donors (Lipinski definition) is 0. The average Bonchev–Trinajstić information content (AvgIpc) is 2.39. The van der Waals surface area contributed by atoms with Gasteiger partial charge in [0.05, 0.1) is 20.0 Å². The molecule has 0 aliphatic carbocycles. The fraction of sp³-hybridized carbons (Fsp3) is 0.308. The zero-order chi connectivity index (χ0) is 13.8. The lowest BCUT2D eigenvalue weighted by molar-refractivity contribution is 0.186. The molecule has 2 rings (SSSR count). The van der Waals surface area contributed by atoms with Crippen LogP contribution in [0.15, 0.2) is 39.4 Å². The van der Waals surface area contributed by atoms with Gasteiger partial charge in [-0.25, -0.2) is 13.8 Å². The van der Waals surface area contributed by atoms with Crippen molar-refractivity contribution in [2.75, 3.05) is 13.7 Å². The molecular formula is C13H13BrF2N2O. The van der Waals surface area contributed by atoms with Crippen LogP contribution in [0.4, 0.5) is 8.78 Å². The van der Waals surface area contributed by atoms with Gasteiger partial charge >= 0.3 is 0 Å². The normalized spacial score (nSPS) is 15.3. The summed E-state index contributed by atoms with van der Waals surface area (Å²) in [4.78, 5) is 5.64. The lowest BCUT2D eigenvalue weighted by Gasteiger charge is -2.24. The number of aliphatic imine (C=N–C) groups is 1. The van der Waals surface area contributed by atoms with E-state index in [0.717, 1.165) is 11.3 Å². The Hall–Kier alpha value is -1.43. The molecule has 0 radical (unpaired) electrons. The van der Waals surface area contributed by atoms with Gasteiger partial charge in [0, 0.05) is 11.0 Å². The van der Waals surface area contributed by atoms with Crippen molar-refractivity contribution < 1.29 is 13.5 Å². The van der Waals surface area contributed by atoms with Crippen LogP contribution in [0.25, 0.3) is 0 Å². The monoisotopic (exact) mass is 330 g/mol. The smallest absolute Gasteiger partial charge is 0.281 e. The second-order valence-corrected chi connectivity index (χ2v) is 5.05. The highest BCUT2D eigenvalue weighted by atomic mass is 79.9. The van der Waals surface area contributed by atoms with Crippen LogP contribution >= 0.6 is 15.9 Å². The van der Waals surface area contributed by atoms with E-state index in [0.29, 0.717) is 17.6 Å². The van der Waals surface area contributed by atoms with Crippen LogP contribution in [-0.4, -0.2) is 31.3 Å². The SMILES string of the molecule is COc1ccc(CN2C=NC(C(F)F)=C(Br)C2)cc1. The Kier molecular flexibility index (Phi) is 4.52. The third-order valence-electron chi connectivity index (χ3n) is 2.73. The van der Waals surface area contributed by atoms with E-state index in [1.54, 1.807) is 7.11 Å². The van der Waals surface area contributed by atoms with Gasteiger partial charge in [0.25, 0.3) is 6.43 Å². The fourth-order valence-corrected chi connectivity index (χ4v) is 2.35. The summed E-state index contributed by atoms with van der Waals surface area (Å²) in [6.45, 7) is 1.01. The number of halogens is 3. The van der Waals surface area contributed by atoms with Gasteiger partial charge in [-0.15, -0.1) is 0 Å². The topological polar surface area (TPSA) is 24.8 Å². The number of hydrogen-bond acceptors (Lipinski definition) is 3. The number of allylic oxidation sites excluding steroid dienone is 1. The van der Waals surface area contributed by atoms with Crippen LogP contribution in [0.3, 0.4) is 0 Å². The molecule has 19 heavy (non-hydrogen) atoms. The van der Waals surface area contributed by atoms with Crippen molar-refractivity contribution in [2.24, 2.45) is 4.99 Å². The molecule has 6 heteroatoms. The molecule has 0 aromatic heterocycles. The van der Waals surface area contributed by atoms with Crippen LogP contribution in [0.2, 0.25) is 0 Å². The molecule has 1 aromatic rings. The summed E-state index contributed by atoms with van der Waals surface area (Å²) in [5.74, 6) is 0.789. The number of rotatable bonds is 4. The van der Waals surface area contributed by atoms with Gasteiger partial charge in [0.2, 0.25) is 0 Å². The molecule has 0 saturated heterocycles. The average molecular weight is 331 g/mol. The van der Waals surface area contributed by atoms with Crippen LogP contribution in [-0.2, 0) is 6.54 Å². The highest BCUT2D eigenvalue weighted by Crippen LogP contribution is 2.24. The molecule has 0 fully saturated rings. The summed E-state index contributed by atoms with van der Waals surface area (Å²) in [7, 11) is 1.61. The van der Waals surface area contributed by atoms with Gasteiger partial charge in [0.1, 0.15) is 11.4 Å². The van der Waals surface area contributed by atoms with E-state index in [2.05, 4.69) is 20.9 Å². The van der Waals surface area contributed by atoms with Gasteiger partial charge in [0.15, 0.2) is 0 Å². The van der Waals surface area contributed by atoms with Crippen molar-refractivity contribution in [1.29, 1.82) is 0 Å². The molecule has 1 aromatic carbocycles. The summed E-state index contributed by atoms with van der Waals surface area (Å²) >= 11 is 3.16. The van der Waals surface area contributed by atoms with Crippen molar-refractivity contribution in [3.8, 4) is 5.75 Å². The Morgan fingerprint density at radius 1 is 1.37 bits per heavy atom. The van der Waals surface area contributed by atoms with Crippen LogP contribution in [0.5, 0.6) is 5.75 Å². The predicted octanol–water partition coefficient (Wildman–Crippen LogP) is 3.41. The molecule has 3 nitrogen and oxygen atoms in total. The van der Waals surface area contributed by atoms with Gasteiger partial charge in [-0.2, -0.15) is 0 Å². The first-order chi connectivity index (χ1) is 9.10. The lowest BCUT2D eigenvalue weighted by Crippen LogP contribution is -2.27. The first-order valence-electron chi connectivity index (χ1n) is 5.68. The molecule has 0 bridgehead atoms. The van der Waals surface area contributed by atoms with E-state index in [9.17, 15) is 8.78 Å². The van der Waals surface area contributed by atoms with E-state index in [-0.39, 0.29) is 5.70 Å². The quantitative estimate of drug-likeness (QED) is 0.845. The van der Waals surface area contributed by atoms with Gasteiger partial charge < -0.3 is 9.64 Å². The molecule has 0 spiro atoms. The zero-order valence-electron chi connectivity index (χ0n) is 10.3. The highest BCUT2D eigenvalue weighted by molar-refractivity contribution is 9.11. The van der Waals surface area contributed by atoms with Gasteiger partial charge in [-0.05, 0) is 17.7 Å². The van der Waals surface area contributed by atoms with Crippen molar-refractivity contribution in [3.05, 3.63) is 40.0 Å². The summed E-state index contributed by atoms with van der Waals surface area (Å²) < 4.78 is 30.7. The summed E-state index contributed by atoms with van der Waals surface area (Å²) in [5, 5.41) is 0.